The Morgan fingerprint density at radius 3 is 3.00 bits per heavy atom. The van der Waals surface area contributed by atoms with Gasteiger partial charge in [-0.3, -0.25) is 9.59 Å². The van der Waals surface area contributed by atoms with Crippen LogP contribution in [0, 0.1) is 6.92 Å². The Morgan fingerprint density at radius 2 is 2.32 bits per heavy atom. The summed E-state index contributed by atoms with van der Waals surface area (Å²) in [6.45, 7) is 4.39. The lowest BCUT2D eigenvalue weighted by atomic mass is 10.1. The van der Waals surface area contributed by atoms with Gasteiger partial charge in [0.25, 0.3) is 5.91 Å². The van der Waals surface area contributed by atoms with E-state index in [9.17, 15) is 9.59 Å². The molecule has 1 aliphatic heterocycles. The average molecular weight is 262 g/mol. The van der Waals surface area contributed by atoms with Gasteiger partial charge in [-0.05, 0) is 24.6 Å². The van der Waals surface area contributed by atoms with Crippen LogP contribution in [0.5, 0.6) is 0 Å². The third kappa shape index (κ3) is 3.54. The first-order valence-electron chi connectivity index (χ1n) is 6.29. The molecule has 0 bridgehead atoms. The van der Waals surface area contributed by atoms with E-state index >= 15 is 0 Å². The standard InChI is InChI=1S/C14H18N2O3/c1-10-4-3-5-12(6-10)16-8-13(7-15-11(2)17)19-9-14(16)18/h3-6,13H,7-9H2,1-2H3,(H,15,17). The van der Waals surface area contributed by atoms with E-state index in [-0.39, 0.29) is 24.5 Å². The SMILES string of the molecule is CC(=O)NCC1CN(c2cccc(C)c2)C(=O)CO1. The highest BCUT2D eigenvalue weighted by atomic mass is 16.5. The second kappa shape index (κ2) is 5.84. The summed E-state index contributed by atoms with van der Waals surface area (Å²) in [7, 11) is 0. The molecule has 1 aliphatic rings. The Bertz CT molecular complexity index is 487. The molecule has 102 valence electrons. The molecule has 1 atom stereocenters. The van der Waals surface area contributed by atoms with Gasteiger partial charge in [-0.25, -0.2) is 0 Å². The second-order valence-corrected chi connectivity index (χ2v) is 4.71. The van der Waals surface area contributed by atoms with E-state index in [1.165, 1.54) is 6.92 Å². The maximum Gasteiger partial charge on any atom is 0.253 e. The first kappa shape index (κ1) is 13.5. The van der Waals surface area contributed by atoms with Crippen LogP contribution in [-0.4, -0.2) is 37.6 Å². The van der Waals surface area contributed by atoms with Crippen LogP contribution in [0.4, 0.5) is 5.69 Å². The van der Waals surface area contributed by atoms with Gasteiger partial charge >= 0.3 is 0 Å². The fourth-order valence-electron chi connectivity index (χ4n) is 2.05. The van der Waals surface area contributed by atoms with Gasteiger partial charge in [0, 0.05) is 19.2 Å². The summed E-state index contributed by atoms with van der Waals surface area (Å²) >= 11 is 0. The zero-order valence-corrected chi connectivity index (χ0v) is 11.2. The molecule has 1 aromatic rings. The largest absolute Gasteiger partial charge is 0.365 e. The number of rotatable bonds is 3. The van der Waals surface area contributed by atoms with E-state index in [0.29, 0.717) is 13.1 Å². The Kier molecular flexibility index (Phi) is 4.16. The Hall–Kier alpha value is -1.88. The summed E-state index contributed by atoms with van der Waals surface area (Å²) in [5, 5.41) is 2.71. The lowest BCUT2D eigenvalue weighted by molar-refractivity contribution is -0.129. The van der Waals surface area contributed by atoms with Crippen molar-refractivity contribution in [1.29, 1.82) is 0 Å². The zero-order valence-electron chi connectivity index (χ0n) is 11.2. The molecule has 1 aromatic carbocycles. The molecular formula is C14H18N2O3. The molecule has 5 heteroatoms. The summed E-state index contributed by atoms with van der Waals surface area (Å²) in [5.41, 5.74) is 1.98. The first-order chi connectivity index (χ1) is 9.06. The molecule has 19 heavy (non-hydrogen) atoms. The number of ether oxygens (including phenoxy) is 1. The lowest BCUT2D eigenvalue weighted by Gasteiger charge is -2.33. The molecule has 5 nitrogen and oxygen atoms in total. The van der Waals surface area contributed by atoms with Gasteiger partial charge in [-0.1, -0.05) is 12.1 Å². The normalized spacial score (nSPS) is 19.4. The van der Waals surface area contributed by atoms with E-state index in [1.54, 1.807) is 4.90 Å². The third-order valence-electron chi connectivity index (χ3n) is 3.02. The number of hydrogen-bond acceptors (Lipinski definition) is 3. The fraction of sp³-hybridized carbons (Fsp3) is 0.429. The summed E-state index contributed by atoms with van der Waals surface area (Å²) in [6, 6.07) is 7.80. The molecular weight excluding hydrogens is 244 g/mol. The molecule has 2 amide bonds. The molecule has 0 spiro atoms. The van der Waals surface area contributed by atoms with Crippen molar-refractivity contribution in [1.82, 2.24) is 5.32 Å². The van der Waals surface area contributed by atoms with Gasteiger partial charge in [0.15, 0.2) is 0 Å². The number of anilines is 1. The number of nitrogens with one attached hydrogen (secondary N) is 1. The maximum absolute atomic E-state index is 11.9. The monoisotopic (exact) mass is 262 g/mol. The summed E-state index contributed by atoms with van der Waals surface area (Å²) in [4.78, 5) is 24.5. The Balaban J connectivity index is 2.06. The number of amides is 2. The van der Waals surface area contributed by atoms with Crippen LogP contribution in [-0.2, 0) is 14.3 Å². The molecule has 1 saturated heterocycles. The van der Waals surface area contributed by atoms with Crippen molar-refractivity contribution < 1.29 is 14.3 Å². The van der Waals surface area contributed by atoms with Crippen LogP contribution < -0.4 is 10.2 Å². The highest BCUT2D eigenvalue weighted by Gasteiger charge is 2.27. The number of morpholine rings is 1. The van der Waals surface area contributed by atoms with Gasteiger partial charge in [0.1, 0.15) is 6.61 Å². The Labute approximate surface area is 112 Å². The topological polar surface area (TPSA) is 58.6 Å². The van der Waals surface area contributed by atoms with Gasteiger partial charge < -0.3 is 15.0 Å². The number of hydrogen-bond donors (Lipinski definition) is 1. The quantitative estimate of drug-likeness (QED) is 0.879. The number of carbonyl (C=O) groups excluding carboxylic acids is 2. The molecule has 0 radical (unpaired) electrons. The predicted octanol–water partition coefficient (Wildman–Crippen LogP) is 0.863. The molecule has 0 aromatic heterocycles. The third-order valence-corrected chi connectivity index (χ3v) is 3.02. The minimum atomic E-state index is -0.165. The molecule has 1 N–H and O–H groups in total. The number of nitrogens with zero attached hydrogens (tertiary/aromatic N) is 1. The highest BCUT2D eigenvalue weighted by molar-refractivity contribution is 5.95. The minimum absolute atomic E-state index is 0.0512. The van der Waals surface area contributed by atoms with Gasteiger partial charge in [0.05, 0.1) is 12.6 Å². The van der Waals surface area contributed by atoms with E-state index in [0.717, 1.165) is 11.3 Å². The number of carbonyl (C=O) groups is 2. The van der Waals surface area contributed by atoms with Crippen molar-refractivity contribution >= 4 is 17.5 Å². The minimum Gasteiger partial charge on any atom is -0.365 e. The predicted molar refractivity (Wildman–Crippen MR) is 72.0 cm³/mol. The summed E-state index contributed by atoms with van der Waals surface area (Å²) in [6.07, 6.45) is -0.165. The van der Waals surface area contributed by atoms with Crippen LogP contribution >= 0.6 is 0 Å². The van der Waals surface area contributed by atoms with Gasteiger partial charge in [-0.15, -0.1) is 0 Å². The van der Waals surface area contributed by atoms with Crippen LogP contribution in [0.1, 0.15) is 12.5 Å². The zero-order chi connectivity index (χ0) is 13.8. The van der Waals surface area contributed by atoms with Crippen LogP contribution in [0.2, 0.25) is 0 Å². The molecule has 0 saturated carbocycles. The van der Waals surface area contributed by atoms with E-state index in [4.69, 9.17) is 4.74 Å². The van der Waals surface area contributed by atoms with Crippen LogP contribution in [0.25, 0.3) is 0 Å². The average Bonchev–Trinajstić information content (AvgIpc) is 2.37. The molecule has 2 rings (SSSR count). The van der Waals surface area contributed by atoms with Gasteiger partial charge in [-0.2, -0.15) is 0 Å². The van der Waals surface area contributed by atoms with E-state index in [2.05, 4.69) is 5.32 Å². The first-order valence-corrected chi connectivity index (χ1v) is 6.29. The maximum atomic E-state index is 11.9. The smallest absolute Gasteiger partial charge is 0.253 e. The van der Waals surface area contributed by atoms with E-state index in [1.807, 2.05) is 31.2 Å². The van der Waals surface area contributed by atoms with Gasteiger partial charge in [0.2, 0.25) is 5.91 Å². The van der Waals surface area contributed by atoms with Crippen molar-refractivity contribution in [2.75, 3.05) is 24.6 Å². The van der Waals surface area contributed by atoms with Crippen molar-refractivity contribution in [3.63, 3.8) is 0 Å². The molecule has 1 heterocycles. The number of aryl methyl sites for hydroxylation is 1. The van der Waals surface area contributed by atoms with Crippen molar-refractivity contribution in [2.24, 2.45) is 0 Å². The molecule has 0 aliphatic carbocycles. The molecule has 1 unspecified atom stereocenters. The second-order valence-electron chi connectivity index (χ2n) is 4.71. The summed E-state index contributed by atoms with van der Waals surface area (Å²) in [5.74, 6) is -0.146. The fourth-order valence-corrected chi connectivity index (χ4v) is 2.05. The van der Waals surface area contributed by atoms with Crippen molar-refractivity contribution in [2.45, 2.75) is 20.0 Å². The highest BCUT2D eigenvalue weighted by Crippen LogP contribution is 2.19. The molecule has 1 fully saturated rings. The Morgan fingerprint density at radius 1 is 1.53 bits per heavy atom. The number of benzene rings is 1. The van der Waals surface area contributed by atoms with Crippen molar-refractivity contribution in [3.05, 3.63) is 29.8 Å². The van der Waals surface area contributed by atoms with E-state index < -0.39 is 0 Å². The van der Waals surface area contributed by atoms with Crippen molar-refractivity contribution in [3.8, 4) is 0 Å². The van der Waals surface area contributed by atoms with Crippen LogP contribution in [0.15, 0.2) is 24.3 Å². The lowest BCUT2D eigenvalue weighted by Crippen LogP contribution is -2.50. The summed E-state index contributed by atoms with van der Waals surface area (Å²) < 4.78 is 5.42. The van der Waals surface area contributed by atoms with Crippen LogP contribution in [0.3, 0.4) is 0 Å².